The summed E-state index contributed by atoms with van der Waals surface area (Å²) in [6.07, 6.45) is 5.27. The van der Waals surface area contributed by atoms with Crippen LogP contribution in [0.2, 0.25) is 0 Å². The number of urea groups is 1. The number of anilines is 1. The van der Waals surface area contributed by atoms with Crippen LogP contribution in [0, 0.1) is 5.41 Å². The van der Waals surface area contributed by atoms with Crippen molar-refractivity contribution in [2.24, 2.45) is 5.41 Å². The minimum atomic E-state index is -0.873. The first kappa shape index (κ1) is 14.3. The standard InChI is InChI=1S/C14H19N3O3S/c1-14(11(18)19)7-3-6-10(14)16-12(20)17-13-15-8-4-2-5-9(8)21-13/h10H,2-7H2,1H3,(H,18,19)(H2,15,16,17,20). The molecule has 2 unspecified atom stereocenters. The van der Waals surface area contributed by atoms with Gasteiger partial charge in [0.2, 0.25) is 0 Å². The van der Waals surface area contributed by atoms with Crippen LogP contribution in [0.1, 0.15) is 43.2 Å². The van der Waals surface area contributed by atoms with E-state index in [-0.39, 0.29) is 12.1 Å². The van der Waals surface area contributed by atoms with Crippen LogP contribution in [0.3, 0.4) is 0 Å². The maximum Gasteiger partial charge on any atom is 0.321 e. The van der Waals surface area contributed by atoms with Crippen LogP contribution in [0.25, 0.3) is 0 Å². The molecule has 114 valence electrons. The first-order valence-electron chi connectivity index (χ1n) is 7.28. The number of carbonyl (C=O) groups is 2. The van der Waals surface area contributed by atoms with Crippen molar-refractivity contribution in [3.8, 4) is 0 Å². The molecular formula is C14H19N3O3S. The Labute approximate surface area is 127 Å². The first-order valence-corrected chi connectivity index (χ1v) is 8.10. The Hall–Kier alpha value is -1.63. The molecule has 3 N–H and O–H groups in total. The molecule has 1 aromatic heterocycles. The van der Waals surface area contributed by atoms with Crippen molar-refractivity contribution in [3.05, 3.63) is 10.6 Å². The summed E-state index contributed by atoms with van der Waals surface area (Å²) in [6.45, 7) is 1.70. The van der Waals surface area contributed by atoms with Gasteiger partial charge in [-0.15, -0.1) is 11.3 Å². The molecule has 0 bridgehead atoms. The Bertz CT molecular complexity index is 565. The van der Waals surface area contributed by atoms with Crippen LogP contribution in [-0.4, -0.2) is 28.1 Å². The van der Waals surface area contributed by atoms with Crippen LogP contribution in [0.5, 0.6) is 0 Å². The third-order valence-corrected chi connectivity index (χ3v) is 5.64. The monoisotopic (exact) mass is 309 g/mol. The van der Waals surface area contributed by atoms with Crippen molar-refractivity contribution < 1.29 is 14.7 Å². The molecule has 0 aromatic carbocycles. The third kappa shape index (κ3) is 2.62. The largest absolute Gasteiger partial charge is 0.481 e. The second-order valence-corrected chi connectivity index (χ2v) is 7.09. The number of hydrogen-bond acceptors (Lipinski definition) is 4. The van der Waals surface area contributed by atoms with Gasteiger partial charge in [-0.3, -0.25) is 10.1 Å². The minimum Gasteiger partial charge on any atom is -0.481 e. The second kappa shape index (κ2) is 5.29. The lowest BCUT2D eigenvalue weighted by Crippen LogP contribution is -2.48. The van der Waals surface area contributed by atoms with Crippen molar-refractivity contribution in [3.63, 3.8) is 0 Å². The topological polar surface area (TPSA) is 91.3 Å². The Kier molecular flexibility index (Phi) is 3.61. The van der Waals surface area contributed by atoms with Crippen molar-refractivity contribution in [2.75, 3.05) is 5.32 Å². The molecule has 1 heterocycles. The number of aromatic nitrogens is 1. The highest BCUT2D eigenvalue weighted by molar-refractivity contribution is 7.15. The molecule has 0 spiro atoms. The van der Waals surface area contributed by atoms with Gasteiger partial charge in [0.25, 0.3) is 0 Å². The zero-order valence-electron chi connectivity index (χ0n) is 11.9. The smallest absolute Gasteiger partial charge is 0.321 e. The first-order chi connectivity index (χ1) is 9.99. The van der Waals surface area contributed by atoms with Crippen LogP contribution in [0.4, 0.5) is 9.93 Å². The van der Waals surface area contributed by atoms with Gasteiger partial charge < -0.3 is 10.4 Å². The average molecular weight is 309 g/mol. The number of aliphatic carboxylic acids is 1. The molecular weight excluding hydrogens is 290 g/mol. The lowest BCUT2D eigenvalue weighted by atomic mass is 9.85. The number of nitrogens with one attached hydrogen (secondary N) is 2. The van der Waals surface area contributed by atoms with Crippen molar-refractivity contribution in [1.82, 2.24) is 10.3 Å². The van der Waals surface area contributed by atoms with E-state index in [9.17, 15) is 14.7 Å². The number of thiazole rings is 1. The van der Waals surface area contributed by atoms with Gasteiger partial charge in [-0.1, -0.05) is 6.42 Å². The van der Waals surface area contributed by atoms with Crippen LogP contribution >= 0.6 is 11.3 Å². The molecule has 0 radical (unpaired) electrons. The number of carboxylic acid groups (broad SMARTS) is 1. The fraction of sp³-hybridized carbons (Fsp3) is 0.643. The number of hydrogen-bond donors (Lipinski definition) is 3. The van der Waals surface area contributed by atoms with Crippen molar-refractivity contribution >= 4 is 28.5 Å². The Morgan fingerprint density at radius 1 is 1.38 bits per heavy atom. The summed E-state index contributed by atoms with van der Waals surface area (Å²) in [7, 11) is 0. The van der Waals surface area contributed by atoms with Gasteiger partial charge in [-0.25, -0.2) is 9.78 Å². The summed E-state index contributed by atoms with van der Waals surface area (Å²) in [5.41, 5.74) is 0.216. The molecule has 1 saturated carbocycles. The number of aryl methyl sites for hydroxylation is 2. The summed E-state index contributed by atoms with van der Waals surface area (Å²) in [5, 5.41) is 15.5. The average Bonchev–Trinajstić information content (AvgIpc) is 3.06. The molecule has 2 aliphatic rings. The van der Waals surface area contributed by atoms with E-state index in [0.29, 0.717) is 18.0 Å². The number of carboxylic acids is 1. The molecule has 7 heteroatoms. The van der Waals surface area contributed by atoms with E-state index in [1.165, 1.54) is 16.2 Å². The molecule has 0 aliphatic heterocycles. The van der Waals surface area contributed by atoms with Crippen LogP contribution < -0.4 is 10.6 Å². The summed E-state index contributed by atoms with van der Waals surface area (Å²) < 4.78 is 0. The summed E-state index contributed by atoms with van der Waals surface area (Å²) in [5.74, 6) is -0.849. The predicted molar refractivity (Wildman–Crippen MR) is 79.7 cm³/mol. The normalized spacial score (nSPS) is 27.4. The van der Waals surface area contributed by atoms with E-state index < -0.39 is 11.4 Å². The summed E-state index contributed by atoms with van der Waals surface area (Å²) in [4.78, 5) is 29.1. The number of rotatable bonds is 3. The van der Waals surface area contributed by atoms with Gasteiger partial charge in [0.1, 0.15) is 0 Å². The van der Waals surface area contributed by atoms with Gasteiger partial charge in [-0.2, -0.15) is 0 Å². The second-order valence-electron chi connectivity index (χ2n) is 6.01. The van der Waals surface area contributed by atoms with Crippen LogP contribution in [-0.2, 0) is 17.6 Å². The SMILES string of the molecule is CC1(C(=O)O)CCCC1NC(=O)Nc1nc2c(s1)CCC2. The zero-order valence-corrected chi connectivity index (χ0v) is 12.8. The van der Waals surface area contributed by atoms with E-state index in [1.54, 1.807) is 6.92 Å². The molecule has 2 aliphatic carbocycles. The fourth-order valence-electron chi connectivity index (χ4n) is 3.19. The molecule has 0 saturated heterocycles. The van der Waals surface area contributed by atoms with Gasteiger partial charge in [0.05, 0.1) is 11.1 Å². The fourth-order valence-corrected chi connectivity index (χ4v) is 4.23. The molecule has 6 nitrogen and oxygen atoms in total. The molecule has 1 fully saturated rings. The van der Waals surface area contributed by atoms with Gasteiger partial charge >= 0.3 is 12.0 Å². The van der Waals surface area contributed by atoms with Gasteiger partial charge in [0.15, 0.2) is 5.13 Å². The maximum absolute atomic E-state index is 12.1. The number of fused-ring (bicyclic) bond motifs is 1. The zero-order chi connectivity index (χ0) is 15.0. The summed E-state index contributed by atoms with van der Waals surface area (Å²) in [6, 6.07) is -0.691. The Morgan fingerprint density at radius 2 is 2.19 bits per heavy atom. The van der Waals surface area contributed by atoms with E-state index in [1.807, 2.05) is 0 Å². The quantitative estimate of drug-likeness (QED) is 0.799. The van der Waals surface area contributed by atoms with Crippen molar-refractivity contribution in [2.45, 2.75) is 51.5 Å². The number of carbonyl (C=O) groups excluding carboxylic acids is 1. The van der Waals surface area contributed by atoms with E-state index in [2.05, 4.69) is 15.6 Å². The third-order valence-electron chi connectivity index (χ3n) is 4.57. The minimum absolute atomic E-state index is 0.332. The molecule has 1 aromatic rings. The van der Waals surface area contributed by atoms with Crippen LogP contribution in [0.15, 0.2) is 0 Å². The molecule has 3 rings (SSSR count). The maximum atomic E-state index is 12.1. The predicted octanol–water partition coefficient (Wildman–Crippen LogP) is 2.40. The molecule has 21 heavy (non-hydrogen) atoms. The Morgan fingerprint density at radius 3 is 2.90 bits per heavy atom. The van der Waals surface area contributed by atoms with Crippen molar-refractivity contribution in [1.29, 1.82) is 0 Å². The lowest BCUT2D eigenvalue weighted by molar-refractivity contribution is -0.148. The number of nitrogens with zero attached hydrogens (tertiary/aromatic N) is 1. The number of amides is 2. The van der Waals surface area contributed by atoms with Gasteiger partial charge in [-0.05, 0) is 39.0 Å². The molecule has 2 amide bonds. The molecule has 2 atom stereocenters. The van der Waals surface area contributed by atoms with E-state index >= 15 is 0 Å². The lowest BCUT2D eigenvalue weighted by Gasteiger charge is -2.27. The highest BCUT2D eigenvalue weighted by Gasteiger charge is 2.46. The van der Waals surface area contributed by atoms with Gasteiger partial charge in [0, 0.05) is 10.9 Å². The highest BCUT2D eigenvalue weighted by atomic mass is 32.1. The van der Waals surface area contributed by atoms with E-state index in [4.69, 9.17) is 0 Å². The van der Waals surface area contributed by atoms with E-state index in [0.717, 1.165) is 31.4 Å². The Balaban J connectivity index is 1.62. The summed E-state index contributed by atoms with van der Waals surface area (Å²) >= 11 is 1.52. The highest BCUT2D eigenvalue weighted by Crippen LogP contribution is 2.38.